The van der Waals surface area contributed by atoms with Crippen LogP contribution in [0.3, 0.4) is 0 Å². The van der Waals surface area contributed by atoms with Crippen LogP contribution in [0.25, 0.3) is 0 Å². The van der Waals surface area contributed by atoms with Crippen LogP contribution in [-0.2, 0) is 17.8 Å². The summed E-state index contributed by atoms with van der Waals surface area (Å²) < 4.78 is 11.5. The topological polar surface area (TPSA) is 47.6 Å². The van der Waals surface area contributed by atoms with Crippen LogP contribution >= 0.6 is 0 Å². The van der Waals surface area contributed by atoms with Crippen molar-refractivity contribution in [3.63, 3.8) is 0 Å². The van der Waals surface area contributed by atoms with E-state index in [0.29, 0.717) is 23.8 Å². The molecule has 1 amide bonds. The van der Waals surface area contributed by atoms with Gasteiger partial charge in [-0.05, 0) is 41.8 Å². The van der Waals surface area contributed by atoms with Gasteiger partial charge in [0.2, 0.25) is 0 Å². The fourth-order valence-electron chi connectivity index (χ4n) is 2.62. The van der Waals surface area contributed by atoms with E-state index in [9.17, 15) is 4.79 Å². The molecule has 3 aromatic rings. The highest BCUT2D eigenvalue weighted by atomic mass is 16.5. The Bertz CT molecular complexity index is 878. The second kappa shape index (κ2) is 9.43. The van der Waals surface area contributed by atoms with E-state index in [2.05, 4.69) is 12.2 Å². The predicted molar refractivity (Wildman–Crippen MR) is 107 cm³/mol. The summed E-state index contributed by atoms with van der Waals surface area (Å²) in [5, 5.41) is 2.86. The number of hydrogen-bond donors (Lipinski definition) is 1. The molecule has 0 aliphatic heterocycles. The Kier molecular flexibility index (Phi) is 6.47. The maximum absolute atomic E-state index is 12.3. The molecule has 4 nitrogen and oxygen atoms in total. The first-order chi connectivity index (χ1) is 13.2. The summed E-state index contributed by atoms with van der Waals surface area (Å²) in [5.41, 5.74) is 2.87. The number of benzene rings is 3. The Labute approximate surface area is 159 Å². The van der Waals surface area contributed by atoms with Crippen molar-refractivity contribution in [1.82, 2.24) is 0 Å². The van der Waals surface area contributed by atoms with Crippen molar-refractivity contribution in [2.24, 2.45) is 0 Å². The molecule has 0 atom stereocenters. The van der Waals surface area contributed by atoms with Gasteiger partial charge in [-0.1, -0.05) is 61.5 Å². The van der Waals surface area contributed by atoms with E-state index in [1.54, 1.807) is 0 Å². The third kappa shape index (κ3) is 5.61. The van der Waals surface area contributed by atoms with E-state index in [0.717, 1.165) is 12.0 Å². The van der Waals surface area contributed by atoms with Gasteiger partial charge in [-0.15, -0.1) is 0 Å². The molecule has 3 rings (SSSR count). The van der Waals surface area contributed by atoms with Crippen molar-refractivity contribution in [3.8, 4) is 11.5 Å². The minimum absolute atomic E-state index is 0.0554. The molecule has 0 fully saturated rings. The molecule has 27 heavy (non-hydrogen) atoms. The molecule has 0 spiro atoms. The van der Waals surface area contributed by atoms with Crippen molar-refractivity contribution in [2.45, 2.75) is 20.0 Å². The van der Waals surface area contributed by atoms with E-state index in [4.69, 9.17) is 9.47 Å². The molecule has 138 valence electrons. The number of rotatable bonds is 8. The normalized spacial score (nSPS) is 10.3. The van der Waals surface area contributed by atoms with Crippen molar-refractivity contribution >= 4 is 11.6 Å². The fourth-order valence-corrected chi connectivity index (χ4v) is 2.62. The fraction of sp³-hybridized carbons (Fsp3) is 0.174. The van der Waals surface area contributed by atoms with Crippen molar-refractivity contribution < 1.29 is 14.3 Å². The third-order valence-corrected chi connectivity index (χ3v) is 4.07. The van der Waals surface area contributed by atoms with E-state index < -0.39 is 0 Å². The van der Waals surface area contributed by atoms with Crippen LogP contribution in [0.2, 0.25) is 0 Å². The Morgan fingerprint density at radius 2 is 1.59 bits per heavy atom. The first-order valence-electron chi connectivity index (χ1n) is 9.02. The summed E-state index contributed by atoms with van der Waals surface area (Å²) in [6, 6.07) is 25.1. The van der Waals surface area contributed by atoms with Gasteiger partial charge in [-0.3, -0.25) is 4.79 Å². The maximum Gasteiger partial charge on any atom is 0.262 e. The van der Waals surface area contributed by atoms with Crippen LogP contribution in [0.5, 0.6) is 11.5 Å². The Balaban J connectivity index is 1.57. The number of para-hydroxylation sites is 2. The van der Waals surface area contributed by atoms with Gasteiger partial charge in [0.25, 0.3) is 5.91 Å². The largest absolute Gasteiger partial charge is 0.487 e. The lowest BCUT2D eigenvalue weighted by Crippen LogP contribution is -2.20. The Morgan fingerprint density at radius 1 is 0.852 bits per heavy atom. The first-order valence-corrected chi connectivity index (χ1v) is 9.02. The summed E-state index contributed by atoms with van der Waals surface area (Å²) >= 11 is 0. The number of ether oxygens (including phenoxy) is 2. The van der Waals surface area contributed by atoms with Gasteiger partial charge in [0.1, 0.15) is 18.1 Å². The number of amides is 1. The van der Waals surface area contributed by atoms with E-state index in [1.165, 1.54) is 5.56 Å². The first kappa shape index (κ1) is 18.5. The van der Waals surface area contributed by atoms with Crippen LogP contribution < -0.4 is 14.8 Å². The average molecular weight is 361 g/mol. The highest BCUT2D eigenvalue weighted by molar-refractivity contribution is 5.93. The summed E-state index contributed by atoms with van der Waals surface area (Å²) in [7, 11) is 0. The lowest BCUT2D eigenvalue weighted by molar-refractivity contribution is -0.118. The summed E-state index contributed by atoms with van der Waals surface area (Å²) in [5.74, 6) is 1.09. The van der Waals surface area contributed by atoms with Gasteiger partial charge in [0.15, 0.2) is 6.61 Å². The molecule has 3 aromatic carbocycles. The molecule has 0 bridgehead atoms. The van der Waals surface area contributed by atoms with Crippen LogP contribution in [0.4, 0.5) is 5.69 Å². The Hall–Kier alpha value is -3.27. The number of hydrogen-bond acceptors (Lipinski definition) is 3. The zero-order valence-corrected chi connectivity index (χ0v) is 15.4. The van der Waals surface area contributed by atoms with Crippen molar-refractivity contribution in [2.75, 3.05) is 11.9 Å². The van der Waals surface area contributed by atoms with Gasteiger partial charge in [0.05, 0.1) is 5.69 Å². The van der Waals surface area contributed by atoms with Gasteiger partial charge in [-0.25, -0.2) is 0 Å². The smallest absolute Gasteiger partial charge is 0.262 e. The quantitative estimate of drug-likeness (QED) is 0.624. The van der Waals surface area contributed by atoms with Gasteiger partial charge >= 0.3 is 0 Å². The standard InChI is InChI=1S/C23H23NO3/c1-2-18-11-8-12-20(15-18)26-17-23(25)24-21-13-6-7-14-22(21)27-16-19-9-4-3-5-10-19/h3-15H,2,16-17H2,1H3,(H,24,25). The van der Waals surface area contributed by atoms with Crippen molar-refractivity contribution in [1.29, 1.82) is 0 Å². The highest BCUT2D eigenvalue weighted by Gasteiger charge is 2.09. The Morgan fingerprint density at radius 3 is 2.41 bits per heavy atom. The van der Waals surface area contributed by atoms with Crippen LogP contribution in [0.15, 0.2) is 78.9 Å². The second-order valence-corrected chi connectivity index (χ2v) is 6.11. The van der Waals surface area contributed by atoms with E-state index in [1.807, 2.05) is 78.9 Å². The summed E-state index contributed by atoms with van der Waals surface area (Å²) in [6.07, 6.45) is 0.926. The molecule has 0 aliphatic rings. The average Bonchev–Trinajstić information content (AvgIpc) is 2.72. The van der Waals surface area contributed by atoms with Gasteiger partial charge < -0.3 is 14.8 Å². The summed E-state index contributed by atoms with van der Waals surface area (Å²) in [4.78, 5) is 12.3. The number of nitrogens with one attached hydrogen (secondary N) is 1. The molecule has 1 N–H and O–H groups in total. The molecule has 0 unspecified atom stereocenters. The minimum Gasteiger partial charge on any atom is -0.487 e. The molecule has 0 aliphatic carbocycles. The zero-order valence-electron chi connectivity index (χ0n) is 15.4. The number of aryl methyl sites for hydroxylation is 1. The van der Waals surface area contributed by atoms with Crippen LogP contribution in [0, 0.1) is 0 Å². The van der Waals surface area contributed by atoms with Crippen LogP contribution in [0.1, 0.15) is 18.1 Å². The number of carbonyl (C=O) groups is 1. The lowest BCUT2D eigenvalue weighted by Gasteiger charge is -2.13. The number of anilines is 1. The molecule has 0 radical (unpaired) electrons. The molecule has 0 saturated carbocycles. The van der Waals surface area contributed by atoms with E-state index in [-0.39, 0.29) is 12.5 Å². The second-order valence-electron chi connectivity index (χ2n) is 6.11. The van der Waals surface area contributed by atoms with Crippen LogP contribution in [-0.4, -0.2) is 12.5 Å². The summed E-state index contributed by atoms with van der Waals surface area (Å²) in [6.45, 7) is 2.46. The molecule has 4 heteroatoms. The third-order valence-electron chi connectivity index (χ3n) is 4.07. The molecule has 0 saturated heterocycles. The number of carbonyl (C=O) groups excluding carboxylic acids is 1. The minimum atomic E-state index is -0.229. The molecule has 0 heterocycles. The molecule has 0 aromatic heterocycles. The van der Waals surface area contributed by atoms with Gasteiger partial charge in [0, 0.05) is 0 Å². The molecular formula is C23H23NO3. The van der Waals surface area contributed by atoms with E-state index >= 15 is 0 Å². The highest BCUT2D eigenvalue weighted by Crippen LogP contribution is 2.25. The lowest BCUT2D eigenvalue weighted by atomic mass is 10.2. The van der Waals surface area contributed by atoms with Crippen molar-refractivity contribution in [3.05, 3.63) is 90.0 Å². The maximum atomic E-state index is 12.3. The van der Waals surface area contributed by atoms with Gasteiger partial charge in [-0.2, -0.15) is 0 Å². The zero-order chi connectivity index (χ0) is 18.9. The predicted octanol–water partition coefficient (Wildman–Crippen LogP) is 4.85. The molecular weight excluding hydrogens is 338 g/mol. The SMILES string of the molecule is CCc1cccc(OCC(=O)Nc2ccccc2OCc2ccccc2)c1. The monoisotopic (exact) mass is 361 g/mol.